The van der Waals surface area contributed by atoms with Gasteiger partial charge in [-0.25, -0.2) is 15.0 Å². The molecule has 0 bridgehead atoms. The van der Waals surface area contributed by atoms with Crippen molar-refractivity contribution in [3.05, 3.63) is 182 Å². The predicted octanol–water partition coefficient (Wildman–Crippen LogP) is 13.9. The van der Waals surface area contributed by atoms with Crippen LogP contribution in [-0.2, 0) is 0 Å². The molecule has 5 nitrogen and oxygen atoms in total. The molecule has 0 N–H and O–H groups in total. The fraction of sp³-hybridized carbons (Fsp3) is 0. The Morgan fingerprint density at radius 1 is 0.404 bits per heavy atom. The second kappa shape index (κ2) is 12.6. The van der Waals surface area contributed by atoms with E-state index >= 15 is 0 Å². The number of aromatic nitrogens is 4. The van der Waals surface area contributed by atoms with Gasteiger partial charge in [0.05, 0.1) is 16.6 Å². The first-order chi connectivity index (χ1) is 28.2. The maximum Gasteiger partial charge on any atom is 0.167 e. The summed E-state index contributed by atoms with van der Waals surface area (Å²) in [5, 5.41) is 7.10. The van der Waals surface area contributed by atoms with Crippen LogP contribution in [-0.4, -0.2) is 19.5 Å². The number of hydrogen-bond donors (Lipinski definition) is 0. The summed E-state index contributed by atoms with van der Waals surface area (Å²) in [7, 11) is 0. The zero-order chi connectivity index (χ0) is 37.5. The zero-order valence-corrected chi connectivity index (χ0v) is 31.2. The number of hydrogen-bond acceptors (Lipinski definition) is 5. The molecule has 0 atom stereocenters. The lowest BCUT2D eigenvalue weighted by Gasteiger charge is -2.09. The van der Waals surface area contributed by atoms with Crippen molar-refractivity contribution in [2.24, 2.45) is 0 Å². The van der Waals surface area contributed by atoms with Gasteiger partial charge in [-0.05, 0) is 65.7 Å². The largest absolute Gasteiger partial charge is 0.455 e. The number of para-hydroxylation sites is 3. The summed E-state index contributed by atoms with van der Waals surface area (Å²) in [5.74, 6) is 1.81. The molecule has 0 aliphatic heterocycles. The van der Waals surface area contributed by atoms with E-state index in [0.29, 0.717) is 17.5 Å². The first-order valence-corrected chi connectivity index (χ1v) is 19.8. The van der Waals surface area contributed by atoms with Gasteiger partial charge in [0.2, 0.25) is 0 Å². The summed E-state index contributed by atoms with van der Waals surface area (Å²) in [6, 6.07) is 63.9. The molecular weight excluding hydrogens is 717 g/mol. The van der Waals surface area contributed by atoms with E-state index in [1.807, 2.05) is 78.1 Å². The minimum Gasteiger partial charge on any atom is -0.455 e. The first kappa shape index (κ1) is 31.9. The van der Waals surface area contributed by atoms with Crippen LogP contribution in [0.15, 0.2) is 186 Å². The molecule has 4 aromatic heterocycles. The molecule has 0 radical (unpaired) electrons. The van der Waals surface area contributed by atoms with E-state index < -0.39 is 0 Å². The molecule has 6 heteroatoms. The van der Waals surface area contributed by atoms with E-state index in [1.54, 1.807) is 0 Å². The van der Waals surface area contributed by atoms with Crippen molar-refractivity contribution in [3.8, 4) is 51.0 Å². The van der Waals surface area contributed by atoms with Gasteiger partial charge in [0.25, 0.3) is 0 Å². The Morgan fingerprint density at radius 3 is 1.74 bits per heavy atom. The van der Waals surface area contributed by atoms with Gasteiger partial charge in [-0.1, -0.05) is 127 Å². The highest BCUT2D eigenvalue weighted by molar-refractivity contribution is 7.26. The second-order valence-electron chi connectivity index (χ2n) is 14.4. The average molecular weight is 747 g/mol. The number of furan rings is 1. The Labute approximate surface area is 330 Å². The van der Waals surface area contributed by atoms with E-state index in [0.717, 1.165) is 49.9 Å². The van der Waals surface area contributed by atoms with Gasteiger partial charge in [0.1, 0.15) is 11.2 Å². The van der Waals surface area contributed by atoms with Gasteiger partial charge in [-0.2, -0.15) is 0 Å². The van der Waals surface area contributed by atoms with Gasteiger partial charge < -0.3 is 8.98 Å². The van der Waals surface area contributed by atoms with E-state index in [1.165, 1.54) is 47.5 Å². The molecule has 4 heterocycles. The summed E-state index contributed by atoms with van der Waals surface area (Å²) >= 11 is 1.84. The van der Waals surface area contributed by atoms with Crippen molar-refractivity contribution in [2.45, 2.75) is 0 Å². The highest BCUT2D eigenvalue weighted by Gasteiger charge is 2.20. The molecule has 12 rings (SSSR count). The maximum atomic E-state index is 6.69. The van der Waals surface area contributed by atoms with Crippen molar-refractivity contribution in [1.29, 1.82) is 0 Å². The highest BCUT2D eigenvalue weighted by Crippen LogP contribution is 2.44. The third kappa shape index (κ3) is 5.04. The normalized spacial score (nSPS) is 11.9. The molecule has 0 saturated heterocycles. The van der Waals surface area contributed by atoms with Crippen LogP contribution in [0.1, 0.15) is 0 Å². The number of thiophene rings is 1. The molecule has 12 aromatic rings. The minimum atomic E-state index is 0.571. The quantitative estimate of drug-likeness (QED) is 0.176. The van der Waals surface area contributed by atoms with Crippen molar-refractivity contribution >= 4 is 75.3 Å². The predicted molar refractivity (Wildman–Crippen MR) is 236 cm³/mol. The summed E-state index contributed by atoms with van der Waals surface area (Å²) in [4.78, 5) is 14.9. The third-order valence-corrected chi connectivity index (χ3v) is 12.2. The maximum absolute atomic E-state index is 6.69. The average Bonchev–Trinajstić information content (AvgIpc) is 3.96. The Morgan fingerprint density at radius 2 is 1.02 bits per heavy atom. The standard InChI is InChI=1S/C51H30N4OS/c1-3-13-31(14-4-1)49-52-50(32-15-5-2-6-16-32)54-51(53-49)39-21-11-20-38-40-29-33(25-27-44(40)56-48(38)39)35-19-12-24-46-47(35)41-30-34(26-28-45(41)57-46)55-42-22-9-7-17-36(42)37-18-8-10-23-43(37)55/h1-30H. The van der Waals surface area contributed by atoms with Crippen molar-refractivity contribution in [3.63, 3.8) is 0 Å². The van der Waals surface area contributed by atoms with Crippen LogP contribution in [0, 0.1) is 0 Å². The number of rotatable bonds is 5. The molecule has 0 unspecified atom stereocenters. The molecule has 0 amide bonds. The van der Waals surface area contributed by atoms with E-state index in [-0.39, 0.29) is 0 Å². The first-order valence-electron chi connectivity index (χ1n) is 19.0. The lowest BCUT2D eigenvalue weighted by Crippen LogP contribution is -2.00. The van der Waals surface area contributed by atoms with Gasteiger partial charge in [-0.15, -0.1) is 11.3 Å². The molecule has 266 valence electrons. The molecule has 0 aliphatic carbocycles. The summed E-state index contributed by atoms with van der Waals surface area (Å²) in [6.07, 6.45) is 0. The number of fused-ring (bicyclic) bond motifs is 9. The monoisotopic (exact) mass is 746 g/mol. The lowest BCUT2D eigenvalue weighted by atomic mass is 9.97. The van der Waals surface area contributed by atoms with Gasteiger partial charge in [0.15, 0.2) is 17.5 Å². The minimum absolute atomic E-state index is 0.571. The third-order valence-electron chi connectivity index (χ3n) is 11.1. The van der Waals surface area contributed by atoms with Crippen molar-refractivity contribution in [1.82, 2.24) is 19.5 Å². The molecule has 0 fully saturated rings. The van der Waals surface area contributed by atoms with Gasteiger partial charge in [-0.3, -0.25) is 0 Å². The van der Waals surface area contributed by atoms with E-state index in [9.17, 15) is 0 Å². The van der Waals surface area contributed by atoms with Crippen LogP contribution in [0.5, 0.6) is 0 Å². The van der Waals surface area contributed by atoms with Gasteiger partial charge >= 0.3 is 0 Å². The van der Waals surface area contributed by atoms with Crippen LogP contribution >= 0.6 is 11.3 Å². The lowest BCUT2D eigenvalue weighted by molar-refractivity contribution is 0.669. The molecule has 0 aliphatic rings. The van der Waals surface area contributed by atoms with Crippen LogP contribution in [0.2, 0.25) is 0 Å². The van der Waals surface area contributed by atoms with Crippen LogP contribution in [0.3, 0.4) is 0 Å². The van der Waals surface area contributed by atoms with Crippen LogP contribution in [0.25, 0.3) is 115 Å². The Hall–Kier alpha value is -7.41. The molecule has 0 spiro atoms. The van der Waals surface area contributed by atoms with Crippen molar-refractivity contribution in [2.75, 3.05) is 0 Å². The SMILES string of the molecule is c1ccc(-c2nc(-c3ccccc3)nc(-c3cccc4c3oc3ccc(-c5cccc6sc7ccc(-n8c9ccccc9c9ccccc98)cc7c56)cc34)n2)cc1. The second-order valence-corrected chi connectivity index (χ2v) is 15.4. The fourth-order valence-electron chi connectivity index (χ4n) is 8.47. The topological polar surface area (TPSA) is 56.7 Å². The number of benzene rings is 8. The fourth-order valence-corrected chi connectivity index (χ4v) is 9.58. The van der Waals surface area contributed by atoms with E-state index in [2.05, 4.69) is 120 Å². The molecular formula is C51H30N4OS. The molecule has 0 saturated carbocycles. The summed E-state index contributed by atoms with van der Waals surface area (Å²) < 4.78 is 11.6. The zero-order valence-electron chi connectivity index (χ0n) is 30.4. The van der Waals surface area contributed by atoms with Crippen LogP contribution < -0.4 is 0 Å². The summed E-state index contributed by atoms with van der Waals surface area (Å²) in [6.45, 7) is 0. The van der Waals surface area contributed by atoms with Gasteiger partial charge in [0, 0.05) is 58.5 Å². The molecule has 8 aromatic carbocycles. The number of nitrogens with zero attached hydrogens (tertiary/aromatic N) is 4. The smallest absolute Gasteiger partial charge is 0.167 e. The van der Waals surface area contributed by atoms with E-state index in [4.69, 9.17) is 19.4 Å². The Bertz CT molecular complexity index is 3420. The highest BCUT2D eigenvalue weighted by atomic mass is 32.1. The van der Waals surface area contributed by atoms with Crippen molar-refractivity contribution < 1.29 is 4.42 Å². The summed E-state index contributed by atoms with van der Waals surface area (Å²) in [5.41, 5.74) is 10.2. The Balaban J connectivity index is 1.02. The van der Waals surface area contributed by atoms with Crippen LogP contribution in [0.4, 0.5) is 0 Å². The Kier molecular flexibility index (Phi) is 7.03. The molecule has 57 heavy (non-hydrogen) atoms.